The number of ether oxygens (including phenoxy) is 2. The van der Waals surface area contributed by atoms with Gasteiger partial charge < -0.3 is 14.5 Å². The Morgan fingerprint density at radius 2 is 1.27 bits per heavy atom. The van der Waals surface area contributed by atoms with Crippen LogP contribution in [-0.4, -0.2) is 17.0 Å². The normalized spacial score (nSPS) is 10.4. The Morgan fingerprint density at radius 3 is 1.81 bits per heavy atom. The smallest absolute Gasteiger partial charge is 0.415 e. The highest BCUT2D eigenvalue weighted by Crippen LogP contribution is 2.28. The Kier molecular flexibility index (Phi) is 8.55. The number of amides is 1. The molecule has 1 amide bonds. The number of carbonyl (C=O) groups is 2. The number of rotatable bonds is 9. The number of anilines is 1. The molecular weight excluding hydrogens is 464 g/mol. The average Bonchev–Trinajstić information content (AvgIpc) is 3.33. The molecule has 0 aliphatic heterocycles. The molecule has 0 unspecified atom stereocenters. The highest BCUT2D eigenvalue weighted by molar-refractivity contribution is 5.95. The van der Waals surface area contributed by atoms with Crippen LogP contribution >= 0.6 is 0 Å². The lowest BCUT2D eigenvalue weighted by molar-refractivity contribution is 0.0466. The minimum Gasteiger partial charge on any atom is -0.456 e. The van der Waals surface area contributed by atoms with E-state index in [9.17, 15) is 9.59 Å². The van der Waals surface area contributed by atoms with Crippen molar-refractivity contribution in [3.8, 4) is 0 Å². The summed E-state index contributed by atoms with van der Waals surface area (Å²) in [7, 11) is 0. The molecule has 6 nitrogen and oxygen atoms in total. The largest absolute Gasteiger partial charge is 0.456 e. The summed E-state index contributed by atoms with van der Waals surface area (Å²) < 4.78 is 11.2. The number of H-pyrrole nitrogens is 1. The summed E-state index contributed by atoms with van der Waals surface area (Å²) in [5.41, 5.74) is 5.13. The Balaban J connectivity index is 1.62. The number of carbonyl (C=O) groups excluding carboxylic acids is 2. The van der Waals surface area contributed by atoms with E-state index < -0.39 is 12.1 Å². The maximum Gasteiger partial charge on any atom is 0.415 e. The molecule has 1 N–H and O–H groups in total. The highest BCUT2D eigenvalue weighted by Gasteiger charge is 2.24. The van der Waals surface area contributed by atoms with Crippen molar-refractivity contribution < 1.29 is 19.1 Å². The van der Waals surface area contributed by atoms with Crippen LogP contribution in [-0.2, 0) is 29.2 Å². The molecule has 0 saturated heterocycles. The van der Waals surface area contributed by atoms with Crippen LogP contribution in [0.15, 0.2) is 103 Å². The molecule has 6 heteroatoms. The molecule has 0 fully saturated rings. The molecule has 0 aliphatic rings. The molecule has 0 aliphatic carbocycles. The van der Waals surface area contributed by atoms with Crippen LogP contribution in [0.4, 0.5) is 10.5 Å². The fraction of sp³-hybridized carbons (Fsp3) is 0.161. The predicted octanol–water partition coefficient (Wildman–Crippen LogP) is 7.14. The standard InChI is InChI=1S/C31H30N2O4/c1-23(2)18-27-29(19-28(32-27)30(34)36-21-25-14-8-4-9-15-25)33(20-24-12-6-3-7-13-24)31(35)37-22-26-16-10-5-11-17-26/h3-19,32H,20-22H2,1-2H3. The predicted molar refractivity (Wildman–Crippen MR) is 145 cm³/mol. The third kappa shape index (κ3) is 7.21. The van der Waals surface area contributed by atoms with E-state index in [-0.39, 0.29) is 25.5 Å². The van der Waals surface area contributed by atoms with Gasteiger partial charge >= 0.3 is 12.1 Å². The van der Waals surface area contributed by atoms with Crippen molar-refractivity contribution in [3.63, 3.8) is 0 Å². The molecule has 1 heterocycles. The maximum atomic E-state index is 13.4. The van der Waals surface area contributed by atoms with E-state index in [1.807, 2.05) is 111 Å². The van der Waals surface area contributed by atoms with Crippen molar-refractivity contribution in [2.45, 2.75) is 33.6 Å². The van der Waals surface area contributed by atoms with E-state index in [1.54, 1.807) is 6.07 Å². The van der Waals surface area contributed by atoms with Gasteiger partial charge in [0.2, 0.25) is 0 Å². The molecule has 0 saturated carbocycles. The van der Waals surface area contributed by atoms with Crippen molar-refractivity contribution >= 4 is 23.8 Å². The Bertz CT molecular complexity index is 1340. The van der Waals surface area contributed by atoms with Crippen LogP contribution in [0.5, 0.6) is 0 Å². The van der Waals surface area contributed by atoms with Crippen LogP contribution in [0, 0.1) is 0 Å². The molecule has 0 radical (unpaired) electrons. The number of aromatic amines is 1. The molecule has 0 bridgehead atoms. The second kappa shape index (κ2) is 12.4. The second-order valence-corrected chi connectivity index (χ2v) is 8.88. The number of esters is 1. The van der Waals surface area contributed by atoms with E-state index in [0.717, 1.165) is 22.3 Å². The summed E-state index contributed by atoms with van der Waals surface area (Å²) in [5, 5.41) is 0. The van der Waals surface area contributed by atoms with Crippen LogP contribution in [0.1, 0.15) is 46.7 Å². The van der Waals surface area contributed by atoms with Gasteiger partial charge in [-0.2, -0.15) is 0 Å². The SMILES string of the molecule is CC(C)=Cc1[nH]c(C(=O)OCc2ccccc2)cc1N(Cc1ccccc1)C(=O)OCc1ccccc1. The van der Waals surface area contributed by atoms with Crippen molar-refractivity contribution in [1.82, 2.24) is 4.98 Å². The average molecular weight is 495 g/mol. The van der Waals surface area contributed by atoms with Crippen molar-refractivity contribution in [2.24, 2.45) is 0 Å². The minimum atomic E-state index is -0.515. The van der Waals surface area contributed by atoms with Gasteiger partial charge in [-0.1, -0.05) is 96.6 Å². The molecule has 0 atom stereocenters. The lowest BCUT2D eigenvalue weighted by Gasteiger charge is -2.22. The molecule has 1 aromatic heterocycles. The van der Waals surface area contributed by atoms with Crippen LogP contribution in [0.3, 0.4) is 0 Å². The van der Waals surface area contributed by atoms with E-state index >= 15 is 0 Å². The molecule has 3 aromatic carbocycles. The van der Waals surface area contributed by atoms with Gasteiger partial charge in [0.05, 0.1) is 17.9 Å². The van der Waals surface area contributed by atoms with E-state index in [0.29, 0.717) is 11.4 Å². The zero-order chi connectivity index (χ0) is 26.0. The van der Waals surface area contributed by atoms with Crippen LogP contribution in [0.2, 0.25) is 0 Å². The number of allylic oxidation sites excluding steroid dienone is 1. The third-order valence-electron chi connectivity index (χ3n) is 5.59. The van der Waals surface area contributed by atoms with Gasteiger partial charge in [-0.15, -0.1) is 0 Å². The van der Waals surface area contributed by atoms with Gasteiger partial charge in [0, 0.05) is 0 Å². The summed E-state index contributed by atoms with van der Waals surface area (Å²) in [6.45, 7) is 4.47. The lowest BCUT2D eigenvalue weighted by atomic mass is 10.2. The molecule has 4 rings (SSSR count). The summed E-state index contributed by atoms with van der Waals surface area (Å²) in [6.07, 6.45) is 1.38. The Labute approximate surface area is 217 Å². The first-order valence-electron chi connectivity index (χ1n) is 12.1. The number of aromatic nitrogens is 1. The summed E-state index contributed by atoms with van der Waals surface area (Å²) in [5.74, 6) is -0.504. The number of hydrogen-bond acceptors (Lipinski definition) is 4. The number of nitrogens with zero attached hydrogens (tertiary/aromatic N) is 1. The van der Waals surface area contributed by atoms with Gasteiger partial charge in [-0.05, 0) is 42.7 Å². The van der Waals surface area contributed by atoms with E-state index in [4.69, 9.17) is 9.47 Å². The van der Waals surface area contributed by atoms with Crippen molar-refractivity contribution in [1.29, 1.82) is 0 Å². The summed E-state index contributed by atoms with van der Waals surface area (Å²) in [6, 6.07) is 30.3. The van der Waals surface area contributed by atoms with Crippen molar-refractivity contribution in [2.75, 3.05) is 4.90 Å². The highest BCUT2D eigenvalue weighted by atomic mass is 16.6. The van der Waals surface area contributed by atoms with Gasteiger partial charge in [0.15, 0.2) is 0 Å². The first-order valence-corrected chi connectivity index (χ1v) is 12.1. The molecule has 0 spiro atoms. The van der Waals surface area contributed by atoms with E-state index in [1.165, 1.54) is 4.90 Å². The number of hydrogen-bond donors (Lipinski definition) is 1. The third-order valence-corrected chi connectivity index (χ3v) is 5.59. The molecular formula is C31H30N2O4. The fourth-order valence-corrected chi connectivity index (χ4v) is 3.80. The molecule has 4 aromatic rings. The van der Waals surface area contributed by atoms with Gasteiger partial charge in [0.1, 0.15) is 18.9 Å². The first kappa shape index (κ1) is 25.5. The zero-order valence-corrected chi connectivity index (χ0v) is 21.0. The van der Waals surface area contributed by atoms with E-state index in [2.05, 4.69) is 4.98 Å². The quantitative estimate of drug-likeness (QED) is 0.251. The monoisotopic (exact) mass is 494 g/mol. The van der Waals surface area contributed by atoms with Crippen molar-refractivity contribution in [3.05, 3.63) is 131 Å². The topological polar surface area (TPSA) is 71.6 Å². The minimum absolute atomic E-state index is 0.138. The Hall–Kier alpha value is -4.58. The zero-order valence-electron chi connectivity index (χ0n) is 21.0. The van der Waals surface area contributed by atoms with Crippen LogP contribution < -0.4 is 4.90 Å². The fourth-order valence-electron chi connectivity index (χ4n) is 3.80. The first-order chi connectivity index (χ1) is 18.0. The number of nitrogens with one attached hydrogen (secondary N) is 1. The van der Waals surface area contributed by atoms with Crippen LogP contribution in [0.25, 0.3) is 6.08 Å². The second-order valence-electron chi connectivity index (χ2n) is 8.88. The maximum absolute atomic E-state index is 13.4. The summed E-state index contributed by atoms with van der Waals surface area (Å²) >= 11 is 0. The van der Waals surface area contributed by atoms with Gasteiger partial charge in [-0.3, -0.25) is 4.90 Å². The van der Waals surface area contributed by atoms with Gasteiger partial charge in [-0.25, -0.2) is 9.59 Å². The summed E-state index contributed by atoms with van der Waals surface area (Å²) in [4.78, 5) is 31.0. The Morgan fingerprint density at radius 1 is 0.757 bits per heavy atom. The molecule has 37 heavy (non-hydrogen) atoms. The number of benzene rings is 3. The van der Waals surface area contributed by atoms with Gasteiger partial charge in [0.25, 0.3) is 0 Å². The lowest BCUT2D eigenvalue weighted by Crippen LogP contribution is -2.31. The molecule has 188 valence electrons.